The summed E-state index contributed by atoms with van der Waals surface area (Å²) in [7, 11) is 0. The van der Waals surface area contributed by atoms with E-state index in [9.17, 15) is 0 Å². The van der Waals surface area contributed by atoms with E-state index in [4.69, 9.17) is 5.10 Å². The molecular weight excluding hydrogens is 234 g/mol. The quantitative estimate of drug-likeness (QED) is 0.906. The second-order valence-electron chi connectivity index (χ2n) is 5.30. The van der Waals surface area contributed by atoms with E-state index in [0.717, 1.165) is 25.1 Å². The molecule has 0 atom stereocenters. The molecule has 3 nitrogen and oxygen atoms in total. The first-order valence-corrected chi connectivity index (χ1v) is 7.21. The number of hydrogen-bond donors (Lipinski definition) is 1. The summed E-state index contributed by atoms with van der Waals surface area (Å²) in [6.07, 6.45) is 4.65. The largest absolute Gasteiger partial charge is 0.369 e. The number of nitrogens with zero attached hydrogens (tertiary/aromatic N) is 2. The lowest BCUT2D eigenvalue weighted by Gasteiger charge is -2.06. The molecule has 0 unspecified atom stereocenters. The molecule has 0 bridgehead atoms. The van der Waals surface area contributed by atoms with Crippen LogP contribution in [-0.4, -0.2) is 16.3 Å². The number of rotatable bonds is 4. The molecule has 0 aliphatic carbocycles. The smallest absolute Gasteiger partial charge is 0.133 e. The van der Waals surface area contributed by atoms with Gasteiger partial charge >= 0.3 is 0 Å². The molecule has 2 aromatic rings. The van der Waals surface area contributed by atoms with Crippen LogP contribution in [0.5, 0.6) is 0 Å². The van der Waals surface area contributed by atoms with E-state index in [1.165, 1.54) is 35.5 Å². The summed E-state index contributed by atoms with van der Waals surface area (Å²) in [4.78, 5) is 0. The summed E-state index contributed by atoms with van der Waals surface area (Å²) in [5.41, 5.74) is 5.14. The molecule has 3 rings (SSSR count). The van der Waals surface area contributed by atoms with Crippen LogP contribution in [0.2, 0.25) is 0 Å². The zero-order valence-electron chi connectivity index (χ0n) is 11.7. The highest BCUT2D eigenvalue weighted by Crippen LogP contribution is 2.29. The van der Waals surface area contributed by atoms with Gasteiger partial charge in [0.25, 0.3) is 0 Å². The number of hydrogen-bond acceptors (Lipinski definition) is 2. The average molecular weight is 255 g/mol. The number of benzene rings is 1. The molecule has 0 spiro atoms. The maximum absolute atomic E-state index is 4.82. The number of anilines is 1. The third kappa shape index (κ3) is 2.25. The predicted molar refractivity (Wildman–Crippen MR) is 79.1 cm³/mol. The van der Waals surface area contributed by atoms with Crippen LogP contribution in [0.4, 0.5) is 5.82 Å². The van der Waals surface area contributed by atoms with Crippen molar-refractivity contribution in [1.82, 2.24) is 9.78 Å². The summed E-state index contributed by atoms with van der Waals surface area (Å²) < 4.78 is 2.08. The SMILES string of the molecule is CCCCc1nn(-c2ccc(C)cc2)c2c1CCN2. The standard InChI is InChI=1S/C16H21N3/c1-3-4-5-15-14-10-11-17-16(14)19(18-15)13-8-6-12(2)7-9-13/h6-9,17H,3-5,10-11H2,1-2H3. The number of fused-ring (bicyclic) bond motifs is 1. The van der Waals surface area contributed by atoms with E-state index >= 15 is 0 Å². The lowest BCUT2D eigenvalue weighted by molar-refractivity contribution is 0.744. The molecular formula is C16H21N3. The van der Waals surface area contributed by atoms with Gasteiger partial charge in [-0.05, 0) is 38.3 Å². The van der Waals surface area contributed by atoms with Crippen LogP contribution in [0, 0.1) is 6.92 Å². The molecule has 1 N–H and O–H groups in total. The van der Waals surface area contributed by atoms with Gasteiger partial charge in [0.1, 0.15) is 5.82 Å². The van der Waals surface area contributed by atoms with Crippen molar-refractivity contribution in [2.75, 3.05) is 11.9 Å². The van der Waals surface area contributed by atoms with Gasteiger partial charge in [0.2, 0.25) is 0 Å². The number of aromatic nitrogens is 2. The average Bonchev–Trinajstić information content (AvgIpc) is 3.00. The topological polar surface area (TPSA) is 29.9 Å². The molecule has 1 aromatic heterocycles. The van der Waals surface area contributed by atoms with Crippen molar-refractivity contribution in [2.24, 2.45) is 0 Å². The Morgan fingerprint density at radius 2 is 2.05 bits per heavy atom. The van der Waals surface area contributed by atoms with Gasteiger partial charge in [-0.25, -0.2) is 4.68 Å². The molecule has 3 heteroatoms. The van der Waals surface area contributed by atoms with Crippen LogP contribution in [-0.2, 0) is 12.8 Å². The van der Waals surface area contributed by atoms with Crippen LogP contribution in [0.25, 0.3) is 5.69 Å². The first-order valence-electron chi connectivity index (χ1n) is 7.21. The Balaban J connectivity index is 1.99. The molecule has 1 aliphatic rings. The highest BCUT2D eigenvalue weighted by Gasteiger charge is 2.22. The van der Waals surface area contributed by atoms with Crippen LogP contribution in [0.3, 0.4) is 0 Å². The highest BCUT2D eigenvalue weighted by molar-refractivity contribution is 5.57. The summed E-state index contributed by atoms with van der Waals surface area (Å²) in [6, 6.07) is 8.58. The Labute approximate surface area is 114 Å². The van der Waals surface area contributed by atoms with E-state index in [1.54, 1.807) is 0 Å². The zero-order valence-corrected chi connectivity index (χ0v) is 11.7. The minimum Gasteiger partial charge on any atom is -0.369 e. The van der Waals surface area contributed by atoms with Crippen LogP contribution in [0.1, 0.15) is 36.6 Å². The second kappa shape index (κ2) is 5.08. The molecule has 0 fully saturated rings. The third-order valence-electron chi connectivity index (χ3n) is 3.78. The van der Waals surface area contributed by atoms with Gasteiger partial charge in [0, 0.05) is 12.1 Å². The first kappa shape index (κ1) is 12.3. The van der Waals surface area contributed by atoms with Crippen LogP contribution in [0.15, 0.2) is 24.3 Å². The van der Waals surface area contributed by atoms with Crippen molar-refractivity contribution < 1.29 is 0 Å². The number of aryl methyl sites for hydroxylation is 2. The predicted octanol–water partition coefficient (Wildman–Crippen LogP) is 3.49. The van der Waals surface area contributed by atoms with E-state index in [1.807, 2.05) is 0 Å². The van der Waals surface area contributed by atoms with E-state index < -0.39 is 0 Å². The van der Waals surface area contributed by atoms with Gasteiger partial charge in [0.15, 0.2) is 0 Å². The fourth-order valence-electron chi connectivity index (χ4n) is 2.66. The minimum atomic E-state index is 1.04. The van der Waals surface area contributed by atoms with Gasteiger partial charge in [-0.3, -0.25) is 0 Å². The Hall–Kier alpha value is -1.77. The first-order chi connectivity index (χ1) is 9.29. The Bertz CT molecular complexity index is 566. The molecule has 0 radical (unpaired) electrons. The molecule has 0 saturated heterocycles. The maximum atomic E-state index is 4.82. The normalized spacial score (nSPS) is 13.4. The molecule has 1 aliphatic heterocycles. The Morgan fingerprint density at radius 1 is 1.26 bits per heavy atom. The molecule has 2 heterocycles. The van der Waals surface area contributed by atoms with Crippen LogP contribution < -0.4 is 5.32 Å². The molecule has 1 aromatic carbocycles. The summed E-state index contributed by atoms with van der Waals surface area (Å²) in [5, 5.41) is 8.30. The van der Waals surface area contributed by atoms with E-state index in [0.29, 0.717) is 0 Å². The molecule has 100 valence electrons. The van der Waals surface area contributed by atoms with E-state index in [2.05, 4.69) is 48.1 Å². The maximum Gasteiger partial charge on any atom is 0.133 e. The van der Waals surface area contributed by atoms with Crippen molar-refractivity contribution in [3.8, 4) is 5.69 Å². The van der Waals surface area contributed by atoms with Crippen molar-refractivity contribution in [1.29, 1.82) is 0 Å². The van der Waals surface area contributed by atoms with Gasteiger partial charge < -0.3 is 5.32 Å². The molecule has 0 saturated carbocycles. The van der Waals surface area contributed by atoms with Gasteiger partial charge in [-0.15, -0.1) is 0 Å². The minimum absolute atomic E-state index is 1.04. The fourth-order valence-corrected chi connectivity index (χ4v) is 2.66. The monoisotopic (exact) mass is 255 g/mol. The molecule has 19 heavy (non-hydrogen) atoms. The van der Waals surface area contributed by atoms with Crippen LogP contribution >= 0.6 is 0 Å². The Kier molecular flexibility index (Phi) is 3.28. The van der Waals surface area contributed by atoms with Gasteiger partial charge in [-0.1, -0.05) is 31.0 Å². The van der Waals surface area contributed by atoms with Crippen molar-refractivity contribution >= 4 is 5.82 Å². The number of unbranched alkanes of at least 4 members (excludes halogenated alkanes) is 1. The lowest BCUT2D eigenvalue weighted by Crippen LogP contribution is -2.05. The van der Waals surface area contributed by atoms with E-state index in [-0.39, 0.29) is 0 Å². The molecule has 0 amide bonds. The van der Waals surface area contributed by atoms with Crippen molar-refractivity contribution in [3.05, 3.63) is 41.1 Å². The Morgan fingerprint density at radius 3 is 2.79 bits per heavy atom. The highest BCUT2D eigenvalue weighted by atomic mass is 15.3. The second-order valence-corrected chi connectivity index (χ2v) is 5.30. The van der Waals surface area contributed by atoms with Crippen molar-refractivity contribution in [2.45, 2.75) is 39.5 Å². The summed E-state index contributed by atoms with van der Waals surface area (Å²) in [6.45, 7) is 5.38. The van der Waals surface area contributed by atoms with Crippen molar-refractivity contribution in [3.63, 3.8) is 0 Å². The van der Waals surface area contributed by atoms with Gasteiger partial charge in [-0.2, -0.15) is 5.10 Å². The van der Waals surface area contributed by atoms with Gasteiger partial charge in [0.05, 0.1) is 11.4 Å². The summed E-state index contributed by atoms with van der Waals surface area (Å²) >= 11 is 0. The third-order valence-corrected chi connectivity index (χ3v) is 3.78. The number of nitrogens with one attached hydrogen (secondary N) is 1. The fraction of sp³-hybridized carbons (Fsp3) is 0.438. The zero-order chi connectivity index (χ0) is 13.2. The summed E-state index contributed by atoms with van der Waals surface area (Å²) in [5.74, 6) is 1.20. The lowest BCUT2D eigenvalue weighted by atomic mass is 10.1.